The van der Waals surface area contributed by atoms with Crippen molar-refractivity contribution in [3.05, 3.63) is 82.1 Å². The van der Waals surface area contributed by atoms with Gasteiger partial charge in [0.15, 0.2) is 5.78 Å². The molecule has 4 heteroatoms. The number of benzene rings is 2. The highest BCUT2D eigenvalue weighted by atomic mass is 16.1. The van der Waals surface area contributed by atoms with E-state index in [-0.39, 0.29) is 29.5 Å². The van der Waals surface area contributed by atoms with E-state index in [1.807, 2.05) is 0 Å². The summed E-state index contributed by atoms with van der Waals surface area (Å²) in [6.45, 7) is 8.61. The highest BCUT2D eigenvalue weighted by Gasteiger charge is 2.51. The normalized spacial score (nSPS) is 29.9. The Morgan fingerprint density at radius 1 is 0.833 bits per heavy atom. The third-order valence-electron chi connectivity index (χ3n) is 6.98. The van der Waals surface area contributed by atoms with Crippen molar-refractivity contribution < 1.29 is 4.79 Å². The van der Waals surface area contributed by atoms with Gasteiger partial charge < -0.3 is 5.32 Å². The SMILES string of the molecule is Cc1ccc(C2NNC3NC4=C(C(=O)CC(C)(C)C4)C(c4ccc(C)cc4)C32)cc1. The second-order valence-electron chi connectivity index (χ2n) is 10.1. The second-order valence-corrected chi connectivity index (χ2v) is 10.1. The molecule has 0 saturated carbocycles. The van der Waals surface area contributed by atoms with Gasteiger partial charge in [-0.05, 0) is 36.8 Å². The molecule has 0 amide bonds. The fraction of sp³-hybridized carbons (Fsp3) is 0.423. The summed E-state index contributed by atoms with van der Waals surface area (Å²) in [6.07, 6.45) is 1.61. The van der Waals surface area contributed by atoms with E-state index in [0.717, 1.165) is 17.7 Å². The van der Waals surface area contributed by atoms with E-state index in [2.05, 4.69) is 92.4 Å². The van der Waals surface area contributed by atoms with Crippen LogP contribution in [0.2, 0.25) is 0 Å². The molecule has 5 rings (SSSR count). The molecule has 0 bridgehead atoms. The van der Waals surface area contributed by atoms with Crippen LogP contribution in [-0.4, -0.2) is 11.9 Å². The fourth-order valence-electron chi connectivity index (χ4n) is 5.53. The van der Waals surface area contributed by atoms with Crippen LogP contribution >= 0.6 is 0 Å². The van der Waals surface area contributed by atoms with Gasteiger partial charge in [-0.1, -0.05) is 73.5 Å². The Morgan fingerprint density at radius 3 is 2.07 bits per heavy atom. The quantitative estimate of drug-likeness (QED) is 0.697. The lowest BCUT2D eigenvalue weighted by Gasteiger charge is -2.44. The number of nitrogens with one attached hydrogen (secondary N) is 3. The van der Waals surface area contributed by atoms with Gasteiger partial charge >= 0.3 is 0 Å². The highest BCUT2D eigenvalue weighted by Crippen LogP contribution is 2.51. The Bertz CT molecular complexity index is 1000. The van der Waals surface area contributed by atoms with Crippen LogP contribution in [0.15, 0.2) is 59.8 Å². The van der Waals surface area contributed by atoms with Crippen LogP contribution in [0.25, 0.3) is 0 Å². The molecule has 30 heavy (non-hydrogen) atoms. The largest absolute Gasteiger partial charge is 0.371 e. The Labute approximate surface area is 179 Å². The number of fused-ring (bicyclic) bond motifs is 1. The maximum Gasteiger partial charge on any atom is 0.161 e. The van der Waals surface area contributed by atoms with Gasteiger partial charge in [-0.25, -0.2) is 10.9 Å². The van der Waals surface area contributed by atoms with E-state index in [4.69, 9.17) is 0 Å². The summed E-state index contributed by atoms with van der Waals surface area (Å²) in [5.41, 5.74) is 14.2. The number of rotatable bonds is 2. The van der Waals surface area contributed by atoms with Gasteiger partial charge in [0, 0.05) is 29.5 Å². The van der Waals surface area contributed by atoms with E-state index >= 15 is 0 Å². The van der Waals surface area contributed by atoms with Gasteiger partial charge in [0.1, 0.15) is 0 Å². The van der Waals surface area contributed by atoms with Crippen molar-refractivity contribution in [2.45, 2.75) is 58.7 Å². The van der Waals surface area contributed by atoms with Gasteiger partial charge in [0.25, 0.3) is 0 Å². The summed E-state index contributed by atoms with van der Waals surface area (Å²) in [4.78, 5) is 13.4. The van der Waals surface area contributed by atoms with Crippen LogP contribution in [-0.2, 0) is 4.79 Å². The van der Waals surface area contributed by atoms with Gasteiger partial charge in [0.2, 0.25) is 0 Å². The van der Waals surface area contributed by atoms with Gasteiger partial charge in [-0.2, -0.15) is 0 Å². The zero-order chi connectivity index (χ0) is 21.0. The Balaban J connectivity index is 1.64. The predicted octanol–water partition coefficient (Wildman–Crippen LogP) is 4.42. The Kier molecular flexibility index (Phi) is 4.60. The fourth-order valence-corrected chi connectivity index (χ4v) is 5.53. The van der Waals surface area contributed by atoms with Crippen molar-refractivity contribution in [2.24, 2.45) is 11.3 Å². The molecule has 156 valence electrons. The molecule has 0 aromatic heterocycles. The molecule has 1 saturated heterocycles. The average Bonchev–Trinajstić information content (AvgIpc) is 3.10. The summed E-state index contributed by atoms with van der Waals surface area (Å²) in [7, 11) is 0. The molecule has 4 nitrogen and oxygen atoms in total. The van der Waals surface area contributed by atoms with Crippen molar-refractivity contribution in [1.82, 2.24) is 16.2 Å². The van der Waals surface area contributed by atoms with E-state index in [0.29, 0.717) is 12.2 Å². The molecular formula is C26H31N3O. The van der Waals surface area contributed by atoms with Crippen molar-refractivity contribution >= 4 is 5.78 Å². The number of hydrogen-bond donors (Lipinski definition) is 3. The van der Waals surface area contributed by atoms with Gasteiger partial charge in [-0.15, -0.1) is 0 Å². The van der Waals surface area contributed by atoms with Crippen molar-refractivity contribution in [2.75, 3.05) is 0 Å². The van der Waals surface area contributed by atoms with Crippen LogP contribution in [0, 0.1) is 25.2 Å². The van der Waals surface area contributed by atoms with Crippen LogP contribution in [0.3, 0.4) is 0 Å². The molecule has 0 spiro atoms. The minimum Gasteiger partial charge on any atom is -0.371 e. The molecule has 1 fully saturated rings. The number of carbonyl (C=O) groups is 1. The number of allylic oxidation sites excluding steroid dienone is 2. The predicted molar refractivity (Wildman–Crippen MR) is 120 cm³/mol. The van der Waals surface area contributed by atoms with E-state index in [1.165, 1.54) is 22.3 Å². The van der Waals surface area contributed by atoms with E-state index in [9.17, 15) is 4.79 Å². The van der Waals surface area contributed by atoms with E-state index < -0.39 is 0 Å². The summed E-state index contributed by atoms with van der Waals surface area (Å²) in [5.74, 6) is 0.580. The number of carbonyl (C=O) groups excluding carboxylic acids is 1. The first-order chi connectivity index (χ1) is 14.3. The molecule has 0 radical (unpaired) electrons. The third-order valence-corrected chi connectivity index (χ3v) is 6.98. The molecule has 2 heterocycles. The van der Waals surface area contributed by atoms with Crippen molar-refractivity contribution in [1.29, 1.82) is 0 Å². The Hall–Kier alpha value is -2.43. The number of hydrogen-bond acceptors (Lipinski definition) is 4. The number of hydrazine groups is 1. The van der Waals surface area contributed by atoms with Crippen LogP contribution in [0.1, 0.15) is 60.9 Å². The maximum absolute atomic E-state index is 13.4. The van der Waals surface area contributed by atoms with Crippen LogP contribution < -0.4 is 16.2 Å². The molecule has 2 aromatic rings. The second kappa shape index (κ2) is 7.07. The third kappa shape index (κ3) is 3.28. The summed E-state index contributed by atoms with van der Waals surface area (Å²) < 4.78 is 0. The van der Waals surface area contributed by atoms with Crippen molar-refractivity contribution in [3.63, 3.8) is 0 Å². The summed E-state index contributed by atoms with van der Waals surface area (Å²) in [6, 6.07) is 17.6. The minimum atomic E-state index is -0.00400. The molecule has 3 N–H and O–H groups in total. The summed E-state index contributed by atoms with van der Waals surface area (Å²) in [5, 5.41) is 3.71. The van der Waals surface area contributed by atoms with Gasteiger partial charge in [0.05, 0.1) is 12.2 Å². The molecule has 2 aliphatic heterocycles. The number of Topliss-reactive ketones (excluding diaryl/α,β-unsaturated/α-hetero) is 1. The number of aryl methyl sites for hydroxylation is 2. The molecular weight excluding hydrogens is 370 g/mol. The first-order valence-electron chi connectivity index (χ1n) is 11.0. The lowest BCUT2D eigenvalue weighted by molar-refractivity contribution is -0.118. The molecule has 2 aromatic carbocycles. The molecule has 4 unspecified atom stereocenters. The number of ketones is 1. The first-order valence-corrected chi connectivity index (χ1v) is 11.0. The lowest BCUT2D eigenvalue weighted by Crippen LogP contribution is -2.51. The topological polar surface area (TPSA) is 53.2 Å². The van der Waals surface area contributed by atoms with Gasteiger partial charge in [-0.3, -0.25) is 4.79 Å². The maximum atomic E-state index is 13.4. The standard InChI is InChI=1S/C26H31N3O/c1-15-5-9-17(10-6-15)21-22-19(13-26(3,4)14-20(22)30)27-25-23(21)24(28-29-25)18-11-7-16(2)8-12-18/h5-12,21,23-25,27-29H,13-14H2,1-4H3. The van der Waals surface area contributed by atoms with Crippen LogP contribution in [0.5, 0.6) is 0 Å². The lowest BCUT2D eigenvalue weighted by atomic mass is 9.65. The smallest absolute Gasteiger partial charge is 0.161 e. The highest BCUT2D eigenvalue weighted by molar-refractivity contribution is 5.99. The molecule has 4 atom stereocenters. The van der Waals surface area contributed by atoms with Crippen molar-refractivity contribution in [3.8, 4) is 0 Å². The molecule has 3 aliphatic rings. The van der Waals surface area contributed by atoms with E-state index in [1.54, 1.807) is 0 Å². The average molecular weight is 402 g/mol. The minimum absolute atomic E-state index is 0.00400. The van der Waals surface area contributed by atoms with Crippen LogP contribution in [0.4, 0.5) is 0 Å². The monoisotopic (exact) mass is 401 g/mol. The summed E-state index contributed by atoms with van der Waals surface area (Å²) >= 11 is 0. The zero-order valence-corrected chi connectivity index (χ0v) is 18.3. The molecule has 1 aliphatic carbocycles. The Morgan fingerprint density at radius 2 is 1.43 bits per heavy atom. The zero-order valence-electron chi connectivity index (χ0n) is 18.3. The first kappa shape index (κ1) is 19.5.